The second-order valence-corrected chi connectivity index (χ2v) is 10.1. The van der Waals surface area contributed by atoms with Crippen LogP contribution in [0.4, 0.5) is 17.1 Å². The summed E-state index contributed by atoms with van der Waals surface area (Å²) in [7, 11) is 0. The molecule has 6 rings (SSSR count). The third kappa shape index (κ3) is 4.94. The molecule has 7 heteroatoms. The van der Waals surface area contributed by atoms with Gasteiger partial charge < -0.3 is 19.9 Å². The van der Waals surface area contributed by atoms with Crippen molar-refractivity contribution in [3.05, 3.63) is 114 Å². The second-order valence-electron chi connectivity index (χ2n) is 10.1. The summed E-state index contributed by atoms with van der Waals surface area (Å²) in [6.45, 7) is 2.54. The Morgan fingerprint density at radius 1 is 0.775 bits per heavy atom. The average molecular weight is 532 g/mol. The molecule has 2 atom stereocenters. The molecule has 4 aromatic carbocycles. The first-order valence-electron chi connectivity index (χ1n) is 13.4. The number of esters is 1. The van der Waals surface area contributed by atoms with Crippen LogP contribution in [0.2, 0.25) is 0 Å². The summed E-state index contributed by atoms with van der Waals surface area (Å²) >= 11 is 0. The fraction of sp³-hybridized carbons (Fsp3) is 0.182. The highest BCUT2D eigenvalue weighted by Crippen LogP contribution is 2.40. The van der Waals surface area contributed by atoms with E-state index >= 15 is 0 Å². The Bertz CT molecular complexity index is 1570. The van der Waals surface area contributed by atoms with E-state index in [1.54, 1.807) is 29.2 Å². The molecule has 0 bridgehead atoms. The molecular formula is C33H29N3O4. The lowest BCUT2D eigenvalue weighted by molar-refractivity contribution is -0.145. The van der Waals surface area contributed by atoms with Crippen LogP contribution in [0.5, 0.6) is 0 Å². The Morgan fingerprint density at radius 2 is 1.45 bits per heavy atom. The van der Waals surface area contributed by atoms with Crippen molar-refractivity contribution in [2.24, 2.45) is 0 Å². The van der Waals surface area contributed by atoms with Gasteiger partial charge in [-0.3, -0.25) is 14.4 Å². The molecule has 0 radical (unpaired) electrons. The molecule has 2 aliphatic heterocycles. The molecule has 0 saturated carbocycles. The molecule has 2 amide bonds. The van der Waals surface area contributed by atoms with Crippen LogP contribution in [0.3, 0.4) is 0 Å². The van der Waals surface area contributed by atoms with Crippen LogP contribution in [0.25, 0.3) is 11.1 Å². The number of carbonyl (C=O) groups is 3. The zero-order valence-electron chi connectivity index (χ0n) is 22.1. The number of amides is 2. The fourth-order valence-corrected chi connectivity index (χ4v) is 5.70. The molecule has 0 aliphatic carbocycles. The minimum absolute atomic E-state index is 0.0615. The van der Waals surface area contributed by atoms with Crippen molar-refractivity contribution in [2.75, 3.05) is 28.2 Å². The molecule has 0 aromatic heterocycles. The number of nitrogens with zero attached hydrogens (tertiary/aromatic N) is 2. The highest BCUT2D eigenvalue weighted by atomic mass is 16.5. The summed E-state index contributed by atoms with van der Waals surface area (Å²) < 4.78 is 5.49. The minimum atomic E-state index is -0.290. The third-order valence-corrected chi connectivity index (χ3v) is 7.48. The molecule has 0 spiro atoms. The topological polar surface area (TPSA) is 79.0 Å². The van der Waals surface area contributed by atoms with Gasteiger partial charge in [-0.15, -0.1) is 0 Å². The Kier molecular flexibility index (Phi) is 6.78. The predicted octanol–water partition coefficient (Wildman–Crippen LogP) is 5.78. The van der Waals surface area contributed by atoms with Crippen molar-refractivity contribution in [3.8, 4) is 11.1 Å². The third-order valence-electron chi connectivity index (χ3n) is 7.48. The second kappa shape index (κ2) is 10.7. The van der Waals surface area contributed by atoms with Crippen LogP contribution in [0.15, 0.2) is 103 Å². The summed E-state index contributed by atoms with van der Waals surface area (Å²) in [6.07, 6.45) is 0.480. The van der Waals surface area contributed by atoms with E-state index in [1.807, 2.05) is 78.9 Å². The van der Waals surface area contributed by atoms with Crippen molar-refractivity contribution in [2.45, 2.75) is 25.5 Å². The molecule has 4 aromatic rings. The standard InChI is InChI=1S/C33H29N3O4/c1-22(37)40-27-19-26-20-36(31-14-8-7-13-30(31)35(26)21-27)33(39)24-15-17-25(18-16-24)34-32(38)29-12-6-5-11-28(29)23-9-3-2-4-10-23/h2-18,26-27H,19-21H2,1H3,(H,34,38)/t26-,27?/m0/s1. The molecule has 1 fully saturated rings. The lowest BCUT2D eigenvalue weighted by Crippen LogP contribution is -2.48. The molecule has 40 heavy (non-hydrogen) atoms. The number of hydrogen-bond donors (Lipinski definition) is 1. The van der Waals surface area contributed by atoms with E-state index in [2.05, 4.69) is 10.2 Å². The largest absolute Gasteiger partial charge is 0.461 e. The molecule has 2 aliphatic rings. The number of carbonyl (C=O) groups excluding carboxylic acids is 3. The summed E-state index contributed by atoms with van der Waals surface area (Å²) in [5.41, 5.74) is 5.33. The maximum atomic E-state index is 13.7. The Morgan fingerprint density at radius 3 is 2.20 bits per heavy atom. The minimum Gasteiger partial charge on any atom is -0.461 e. The van der Waals surface area contributed by atoms with Gasteiger partial charge in [0.25, 0.3) is 11.8 Å². The number of benzene rings is 4. The monoisotopic (exact) mass is 531 g/mol. The maximum Gasteiger partial charge on any atom is 0.302 e. The van der Waals surface area contributed by atoms with Gasteiger partial charge in [0.05, 0.1) is 24.0 Å². The molecule has 7 nitrogen and oxygen atoms in total. The zero-order chi connectivity index (χ0) is 27.6. The first-order chi connectivity index (χ1) is 19.5. The average Bonchev–Trinajstić information content (AvgIpc) is 3.39. The van der Waals surface area contributed by atoms with Gasteiger partial charge >= 0.3 is 5.97 Å². The molecule has 200 valence electrons. The molecule has 2 heterocycles. The van der Waals surface area contributed by atoms with Crippen LogP contribution < -0.4 is 15.1 Å². The van der Waals surface area contributed by atoms with Crippen molar-refractivity contribution in [1.29, 1.82) is 0 Å². The summed E-state index contributed by atoms with van der Waals surface area (Å²) in [5.74, 6) is -0.621. The predicted molar refractivity (Wildman–Crippen MR) is 156 cm³/mol. The first-order valence-corrected chi connectivity index (χ1v) is 13.4. The van der Waals surface area contributed by atoms with Gasteiger partial charge in [-0.2, -0.15) is 0 Å². The van der Waals surface area contributed by atoms with Gasteiger partial charge in [-0.1, -0.05) is 60.7 Å². The van der Waals surface area contributed by atoms with E-state index in [0.29, 0.717) is 36.3 Å². The quantitative estimate of drug-likeness (QED) is 0.331. The van der Waals surface area contributed by atoms with Gasteiger partial charge in [0.2, 0.25) is 0 Å². The Labute approximate surface area is 233 Å². The van der Waals surface area contributed by atoms with Crippen LogP contribution in [0, 0.1) is 0 Å². The first kappa shape index (κ1) is 25.4. The van der Waals surface area contributed by atoms with Gasteiger partial charge in [-0.05, 0) is 53.6 Å². The lowest BCUT2D eigenvalue weighted by Gasteiger charge is -2.40. The summed E-state index contributed by atoms with van der Waals surface area (Å²) in [5, 5.41) is 2.97. The highest BCUT2D eigenvalue weighted by Gasteiger charge is 2.41. The zero-order valence-corrected chi connectivity index (χ0v) is 22.1. The molecule has 1 saturated heterocycles. The van der Waals surface area contributed by atoms with Gasteiger partial charge in [0, 0.05) is 36.7 Å². The number of fused-ring (bicyclic) bond motifs is 3. The van der Waals surface area contributed by atoms with E-state index in [4.69, 9.17) is 4.74 Å². The Hall–Kier alpha value is -4.91. The number of ether oxygens (including phenoxy) is 1. The summed E-state index contributed by atoms with van der Waals surface area (Å²) in [4.78, 5) is 42.5. The fourth-order valence-electron chi connectivity index (χ4n) is 5.70. The molecule has 1 N–H and O–H groups in total. The lowest BCUT2D eigenvalue weighted by atomic mass is 9.99. The molecular weight excluding hydrogens is 502 g/mol. The van der Waals surface area contributed by atoms with Crippen molar-refractivity contribution < 1.29 is 19.1 Å². The van der Waals surface area contributed by atoms with E-state index in [-0.39, 0.29) is 29.9 Å². The van der Waals surface area contributed by atoms with Crippen LogP contribution in [-0.4, -0.2) is 43.0 Å². The smallest absolute Gasteiger partial charge is 0.302 e. The number of hydrogen-bond acceptors (Lipinski definition) is 5. The van der Waals surface area contributed by atoms with Gasteiger partial charge in [0.1, 0.15) is 6.10 Å². The van der Waals surface area contributed by atoms with Crippen molar-refractivity contribution in [3.63, 3.8) is 0 Å². The van der Waals surface area contributed by atoms with E-state index in [9.17, 15) is 14.4 Å². The van der Waals surface area contributed by atoms with Crippen LogP contribution in [0.1, 0.15) is 34.1 Å². The van der Waals surface area contributed by atoms with Crippen molar-refractivity contribution in [1.82, 2.24) is 0 Å². The van der Waals surface area contributed by atoms with Crippen LogP contribution in [-0.2, 0) is 9.53 Å². The van der Waals surface area contributed by atoms with Gasteiger partial charge in [0.15, 0.2) is 0 Å². The van der Waals surface area contributed by atoms with Crippen LogP contribution >= 0.6 is 0 Å². The number of rotatable bonds is 5. The van der Waals surface area contributed by atoms with E-state index < -0.39 is 0 Å². The van der Waals surface area contributed by atoms with E-state index in [1.165, 1.54) is 6.92 Å². The van der Waals surface area contributed by atoms with Crippen molar-refractivity contribution >= 4 is 34.8 Å². The number of nitrogens with one attached hydrogen (secondary N) is 1. The van der Waals surface area contributed by atoms with E-state index in [0.717, 1.165) is 22.5 Å². The normalized spacial score (nSPS) is 17.5. The Balaban J connectivity index is 1.19. The maximum absolute atomic E-state index is 13.7. The van der Waals surface area contributed by atoms with Gasteiger partial charge in [-0.25, -0.2) is 0 Å². The number of para-hydroxylation sites is 2. The summed E-state index contributed by atoms with van der Waals surface area (Å²) in [6, 6.07) is 32.2. The highest BCUT2D eigenvalue weighted by molar-refractivity contribution is 6.10. The number of anilines is 3. The molecule has 1 unspecified atom stereocenters. The SMILES string of the molecule is CC(=O)OC1C[C@H]2CN(C(=O)c3ccc(NC(=O)c4ccccc4-c4ccccc4)cc3)c3ccccc3N2C1.